The number of halogens is 3. The van der Waals surface area contributed by atoms with Gasteiger partial charge < -0.3 is 28.9 Å². The molecule has 1 amide bonds. The highest BCUT2D eigenvalue weighted by atomic mass is 35.5. The number of ether oxygens (including phenoxy) is 2. The molecule has 278 valence electrons. The molecule has 16 heteroatoms. The van der Waals surface area contributed by atoms with Crippen LogP contribution in [0.4, 0.5) is 19.4 Å². The fourth-order valence-corrected chi connectivity index (χ4v) is 7.72. The molecule has 1 fully saturated rings. The van der Waals surface area contributed by atoms with Crippen LogP contribution in [0.25, 0.3) is 44.0 Å². The SMILES string of the molecule is C[Si](C)(C)CCOCn1c(COc2nc(N3CCN(C(=O)O)[C@@H](CC#N)C3)c3cnc(-c4cccc5ccc(F)c(Cl)c45)c(F)c3n2)cc2ncccc21. The molecule has 0 spiro atoms. The number of carbonyl (C=O) groups is 1. The highest BCUT2D eigenvalue weighted by Crippen LogP contribution is 2.38. The number of amides is 1. The number of hydrogen-bond acceptors (Lipinski definition) is 9. The Morgan fingerprint density at radius 3 is 2.72 bits per heavy atom. The molecule has 0 aliphatic carbocycles. The summed E-state index contributed by atoms with van der Waals surface area (Å²) >= 11 is 6.42. The van der Waals surface area contributed by atoms with E-state index in [1.165, 1.54) is 17.2 Å². The van der Waals surface area contributed by atoms with Crippen molar-refractivity contribution in [3.05, 3.63) is 83.3 Å². The Morgan fingerprint density at radius 2 is 1.94 bits per heavy atom. The van der Waals surface area contributed by atoms with Crippen LogP contribution in [0.3, 0.4) is 0 Å². The number of nitrogens with zero attached hydrogens (tertiary/aromatic N) is 8. The quantitative estimate of drug-likeness (QED) is 0.101. The third kappa shape index (κ3) is 7.37. The largest absolute Gasteiger partial charge is 0.465 e. The van der Waals surface area contributed by atoms with Gasteiger partial charge in [-0.25, -0.2) is 13.6 Å². The first-order valence-corrected chi connectivity index (χ1v) is 21.5. The van der Waals surface area contributed by atoms with Gasteiger partial charge in [0.1, 0.15) is 36.2 Å². The van der Waals surface area contributed by atoms with Crippen LogP contribution < -0.4 is 9.64 Å². The predicted molar refractivity (Wildman–Crippen MR) is 204 cm³/mol. The Hall–Kier alpha value is -5.43. The van der Waals surface area contributed by atoms with Crippen LogP contribution in [0, 0.1) is 23.0 Å². The number of anilines is 1. The van der Waals surface area contributed by atoms with Gasteiger partial charge in [-0.15, -0.1) is 0 Å². The molecule has 1 aliphatic heterocycles. The number of aromatic nitrogens is 5. The maximum absolute atomic E-state index is 16.9. The molecule has 54 heavy (non-hydrogen) atoms. The standard InChI is InChI=1S/C38H37ClF2N8O4Si/c1-54(2,3)17-16-52-22-49-25(18-29-30(49)8-5-13-43-29)21-53-37-45-35-27(36(46-37)47-14-15-48(38(50)51)24(20-47)11-12-42)19-44-34(33(35)41)26-7-4-6-23-9-10-28(40)32(39)31(23)26/h4-10,13,18-19,24H,11,14-17,20-22H2,1-3H3,(H,50,51)/t24-/m0/s1. The summed E-state index contributed by atoms with van der Waals surface area (Å²) in [5.41, 5.74) is 2.39. The van der Waals surface area contributed by atoms with Crippen molar-refractivity contribution in [3.63, 3.8) is 0 Å². The topological polar surface area (TPSA) is 143 Å². The van der Waals surface area contributed by atoms with Crippen LogP contribution in [0.5, 0.6) is 6.01 Å². The van der Waals surface area contributed by atoms with Crippen molar-refractivity contribution < 1.29 is 28.2 Å². The third-order valence-corrected chi connectivity index (χ3v) is 11.6. The van der Waals surface area contributed by atoms with Crippen molar-refractivity contribution in [2.75, 3.05) is 31.1 Å². The van der Waals surface area contributed by atoms with Crippen LogP contribution in [-0.2, 0) is 18.1 Å². The van der Waals surface area contributed by atoms with Crippen LogP contribution in [0.1, 0.15) is 12.1 Å². The lowest BCUT2D eigenvalue weighted by Gasteiger charge is -2.39. The van der Waals surface area contributed by atoms with E-state index in [0.29, 0.717) is 17.4 Å². The Labute approximate surface area is 315 Å². The third-order valence-electron chi connectivity index (χ3n) is 9.51. The van der Waals surface area contributed by atoms with Crippen molar-refractivity contribution in [2.24, 2.45) is 0 Å². The molecule has 0 bridgehead atoms. The smallest absolute Gasteiger partial charge is 0.407 e. The summed E-state index contributed by atoms with van der Waals surface area (Å²) in [5.74, 6) is -1.19. The van der Waals surface area contributed by atoms with E-state index in [-0.39, 0.29) is 78.4 Å². The lowest BCUT2D eigenvalue weighted by molar-refractivity contribution is 0.0858. The molecular formula is C38H37ClF2N8O4Si. The normalized spacial score (nSPS) is 14.9. The summed E-state index contributed by atoms with van der Waals surface area (Å²) < 4.78 is 45.9. The number of pyridine rings is 2. The van der Waals surface area contributed by atoms with Crippen molar-refractivity contribution in [3.8, 4) is 23.3 Å². The van der Waals surface area contributed by atoms with E-state index in [0.717, 1.165) is 22.8 Å². The van der Waals surface area contributed by atoms with Gasteiger partial charge in [0, 0.05) is 57.7 Å². The summed E-state index contributed by atoms with van der Waals surface area (Å²) in [4.78, 5) is 33.3. The number of nitriles is 1. The van der Waals surface area contributed by atoms with Gasteiger partial charge in [-0.1, -0.05) is 55.5 Å². The molecule has 12 nitrogen and oxygen atoms in total. The number of piperazine rings is 1. The molecule has 4 aromatic heterocycles. The first-order valence-electron chi connectivity index (χ1n) is 17.4. The molecule has 2 aromatic carbocycles. The Balaban J connectivity index is 1.30. The molecule has 1 saturated heterocycles. The molecule has 5 heterocycles. The summed E-state index contributed by atoms with van der Waals surface area (Å²) in [5, 5.41) is 20.3. The Morgan fingerprint density at radius 1 is 1.11 bits per heavy atom. The molecule has 0 saturated carbocycles. The van der Waals surface area contributed by atoms with Gasteiger partial charge in [-0.05, 0) is 35.7 Å². The van der Waals surface area contributed by atoms with Crippen LogP contribution in [0.2, 0.25) is 30.7 Å². The van der Waals surface area contributed by atoms with Gasteiger partial charge in [0.25, 0.3) is 0 Å². The minimum atomic E-state index is -1.31. The van der Waals surface area contributed by atoms with Gasteiger partial charge >= 0.3 is 12.1 Å². The number of hydrogen-bond donors (Lipinski definition) is 1. The summed E-state index contributed by atoms with van der Waals surface area (Å²) in [6.45, 7) is 8.14. The van der Waals surface area contributed by atoms with Gasteiger partial charge in [-0.2, -0.15) is 15.2 Å². The number of rotatable bonds is 11. The van der Waals surface area contributed by atoms with Crippen molar-refractivity contribution in [2.45, 2.75) is 51.5 Å². The summed E-state index contributed by atoms with van der Waals surface area (Å²) in [7, 11) is -1.31. The zero-order valence-corrected chi connectivity index (χ0v) is 31.6. The summed E-state index contributed by atoms with van der Waals surface area (Å²) in [6, 6.07) is 15.8. The van der Waals surface area contributed by atoms with E-state index < -0.39 is 31.8 Å². The zero-order valence-electron chi connectivity index (χ0n) is 29.9. The molecule has 0 unspecified atom stereocenters. The second-order valence-electron chi connectivity index (χ2n) is 14.3. The molecule has 6 aromatic rings. The number of carboxylic acid groups (broad SMARTS) is 1. The highest BCUT2D eigenvalue weighted by molar-refractivity contribution is 6.76. The fraction of sp³-hybridized carbons (Fsp3) is 0.316. The van der Waals surface area contributed by atoms with E-state index >= 15 is 4.39 Å². The Bertz CT molecular complexity index is 2440. The minimum absolute atomic E-state index is 0.0136. The van der Waals surface area contributed by atoms with E-state index in [2.05, 4.69) is 40.7 Å². The maximum Gasteiger partial charge on any atom is 0.407 e. The maximum atomic E-state index is 16.9. The van der Waals surface area contributed by atoms with E-state index in [4.69, 9.17) is 26.1 Å². The van der Waals surface area contributed by atoms with Gasteiger partial charge in [0.2, 0.25) is 0 Å². The second kappa shape index (κ2) is 15.1. The fourth-order valence-electron chi connectivity index (χ4n) is 6.69. The molecule has 7 rings (SSSR count). The molecule has 1 N–H and O–H groups in total. The zero-order chi connectivity index (χ0) is 38.1. The van der Waals surface area contributed by atoms with Crippen molar-refractivity contribution >= 4 is 64.3 Å². The van der Waals surface area contributed by atoms with Crippen molar-refractivity contribution in [1.29, 1.82) is 5.26 Å². The minimum Gasteiger partial charge on any atom is -0.465 e. The van der Waals surface area contributed by atoms with Gasteiger partial charge in [0.15, 0.2) is 5.82 Å². The van der Waals surface area contributed by atoms with Crippen molar-refractivity contribution in [1.82, 2.24) is 29.4 Å². The lowest BCUT2D eigenvalue weighted by atomic mass is 10.0. The lowest BCUT2D eigenvalue weighted by Crippen LogP contribution is -2.55. The molecular weight excluding hydrogens is 734 g/mol. The average Bonchev–Trinajstić information content (AvgIpc) is 3.50. The molecule has 1 aliphatic rings. The molecule has 0 radical (unpaired) electrons. The molecule has 1 atom stereocenters. The van der Waals surface area contributed by atoms with Gasteiger partial charge in [0.05, 0.1) is 45.7 Å². The van der Waals surface area contributed by atoms with Crippen LogP contribution in [-0.4, -0.2) is 81.0 Å². The first kappa shape index (κ1) is 36.9. The summed E-state index contributed by atoms with van der Waals surface area (Å²) in [6.07, 6.45) is 1.95. The second-order valence-corrected chi connectivity index (χ2v) is 20.3. The van der Waals surface area contributed by atoms with Crippen LogP contribution >= 0.6 is 11.6 Å². The number of fused-ring (bicyclic) bond motifs is 3. The average molecular weight is 771 g/mol. The predicted octanol–water partition coefficient (Wildman–Crippen LogP) is 8.10. The van der Waals surface area contributed by atoms with E-state index in [1.807, 2.05) is 22.8 Å². The Kier molecular flexibility index (Phi) is 10.3. The van der Waals surface area contributed by atoms with E-state index in [1.54, 1.807) is 35.4 Å². The van der Waals surface area contributed by atoms with Gasteiger partial charge in [-0.3, -0.25) is 9.97 Å². The highest BCUT2D eigenvalue weighted by Gasteiger charge is 2.33. The monoisotopic (exact) mass is 770 g/mol. The van der Waals surface area contributed by atoms with E-state index in [9.17, 15) is 19.6 Å². The number of benzene rings is 2. The first-order chi connectivity index (χ1) is 25.9. The van der Waals surface area contributed by atoms with Crippen LogP contribution in [0.15, 0.2) is 60.9 Å².